The third-order valence-electron chi connectivity index (χ3n) is 2.46. The van der Waals surface area contributed by atoms with Crippen molar-refractivity contribution in [3.05, 3.63) is 23.8 Å². The summed E-state index contributed by atoms with van der Waals surface area (Å²) in [5, 5.41) is 12.9. The second-order valence-corrected chi connectivity index (χ2v) is 4.67. The SMILES string of the molecule is COc1ccc(NCCC(C)(C)O)cc1C. The van der Waals surface area contributed by atoms with Crippen LogP contribution in [0.1, 0.15) is 25.8 Å². The van der Waals surface area contributed by atoms with Crippen LogP contribution in [0.2, 0.25) is 0 Å². The average Bonchev–Trinajstić information content (AvgIpc) is 2.16. The zero-order valence-corrected chi connectivity index (χ0v) is 10.5. The first-order valence-electron chi connectivity index (χ1n) is 5.53. The van der Waals surface area contributed by atoms with E-state index in [4.69, 9.17) is 4.74 Å². The lowest BCUT2D eigenvalue weighted by atomic mass is 10.1. The molecule has 0 amide bonds. The predicted octanol–water partition coefficient (Wildman–Crippen LogP) is 2.58. The van der Waals surface area contributed by atoms with Gasteiger partial charge in [-0.3, -0.25) is 0 Å². The Morgan fingerprint density at radius 2 is 2.06 bits per heavy atom. The molecule has 0 saturated carbocycles. The molecule has 0 atom stereocenters. The molecule has 0 fully saturated rings. The molecule has 0 saturated heterocycles. The van der Waals surface area contributed by atoms with Gasteiger partial charge in [0.05, 0.1) is 12.7 Å². The second kappa shape index (κ2) is 5.21. The first-order valence-corrected chi connectivity index (χ1v) is 5.53. The van der Waals surface area contributed by atoms with Crippen molar-refractivity contribution in [2.75, 3.05) is 19.0 Å². The van der Waals surface area contributed by atoms with E-state index in [2.05, 4.69) is 5.32 Å². The minimum atomic E-state index is -0.617. The minimum Gasteiger partial charge on any atom is -0.496 e. The maximum atomic E-state index is 9.57. The highest BCUT2D eigenvalue weighted by Gasteiger charge is 2.11. The summed E-state index contributed by atoms with van der Waals surface area (Å²) in [5.74, 6) is 0.896. The highest BCUT2D eigenvalue weighted by atomic mass is 16.5. The zero-order chi connectivity index (χ0) is 12.2. The van der Waals surface area contributed by atoms with E-state index < -0.39 is 5.60 Å². The van der Waals surface area contributed by atoms with Crippen LogP contribution in [0.4, 0.5) is 5.69 Å². The molecule has 0 aliphatic heterocycles. The largest absolute Gasteiger partial charge is 0.496 e. The van der Waals surface area contributed by atoms with Crippen molar-refractivity contribution in [1.29, 1.82) is 0 Å². The molecule has 0 spiro atoms. The highest BCUT2D eigenvalue weighted by Crippen LogP contribution is 2.21. The summed E-state index contributed by atoms with van der Waals surface area (Å²) in [6.45, 7) is 6.40. The monoisotopic (exact) mass is 223 g/mol. The van der Waals surface area contributed by atoms with E-state index in [9.17, 15) is 5.11 Å². The summed E-state index contributed by atoms with van der Waals surface area (Å²) in [5.41, 5.74) is 1.55. The standard InChI is InChI=1S/C13H21NO2/c1-10-9-11(5-6-12(10)16-4)14-8-7-13(2,3)15/h5-6,9,14-15H,7-8H2,1-4H3. The lowest BCUT2D eigenvalue weighted by Crippen LogP contribution is -2.22. The maximum Gasteiger partial charge on any atom is 0.121 e. The van der Waals surface area contributed by atoms with Gasteiger partial charge in [0.15, 0.2) is 0 Å². The number of rotatable bonds is 5. The third-order valence-corrected chi connectivity index (χ3v) is 2.46. The van der Waals surface area contributed by atoms with Gasteiger partial charge < -0.3 is 15.2 Å². The van der Waals surface area contributed by atoms with Crippen molar-refractivity contribution >= 4 is 5.69 Å². The molecular formula is C13H21NO2. The van der Waals surface area contributed by atoms with E-state index >= 15 is 0 Å². The first kappa shape index (κ1) is 12.8. The Balaban J connectivity index is 2.52. The molecule has 1 aromatic carbocycles. The molecule has 0 bridgehead atoms. The van der Waals surface area contributed by atoms with Crippen molar-refractivity contribution < 1.29 is 9.84 Å². The Bertz CT molecular complexity index is 342. The van der Waals surface area contributed by atoms with E-state index in [-0.39, 0.29) is 0 Å². The number of hydrogen-bond acceptors (Lipinski definition) is 3. The van der Waals surface area contributed by atoms with Gasteiger partial charge >= 0.3 is 0 Å². The molecule has 0 heterocycles. The van der Waals surface area contributed by atoms with Crippen molar-refractivity contribution in [3.63, 3.8) is 0 Å². The Labute approximate surface area is 97.4 Å². The maximum absolute atomic E-state index is 9.57. The minimum absolute atomic E-state index is 0.617. The van der Waals surface area contributed by atoms with Crippen LogP contribution in [0.5, 0.6) is 5.75 Å². The fourth-order valence-corrected chi connectivity index (χ4v) is 1.50. The van der Waals surface area contributed by atoms with E-state index in [1.807, 2.05) is 39.0 Å². The number of ether oxygens (including phenoxy) is 1. The normalized spacial score (nSPS) is 11.3. The fourth-order valence-electron chi connectivity index (χ4n) is 1.50. The molecule has 0 aliphatic rings. The fraction of sp³-hybridized carbons (Fsp3) is 0.538. The summed E-state index contributed by atoms with van der Waals surface area (Å²) in [6, 6.07) is 5.97. The Hall–Kier alpha value is -1.22. The molecule has 90 valence electrons. The molecule has 3 heteroatoms. The number of aryl methyl sites for hydroxylation is 1. The van der Waals surface area contributed by atoms with Gasteiger partial charge in [0.25, 0.3) is 0 Å². The van der Waals surface area contributed by atoms with Gasteiger partial charge in [-0.2, -0.15) is 0 Å². The van der Waals surface area contributed by atoms with Crippen LogP contribution in [-0.4, -0.2) is 24.4 Å². The van der Waals surface area contributed by atoms with Crippen LogP contribution in [0.25, 0.3) is 0 Å². The summed E-state index contributed by atoms with van der Waals surface area (Å²) in [7, 11) is 1.67. The van der Waals surface area contributed by atoms with Crippen LogP contribution in [-0.2, 0) is 0 Å². The quantitative estimate of drug-likeness (QED) is 0.806. The molecule has 0 aliphatic carbocycles. The van der Waals surface area contributed by atoms with Crippen LogP contribution in [0, 0.1) is 6.92 Å². The molecule has 0 aromatic heterocycles. The van der Waals surface area contributed by atoms with Gasteiger partial charge in [0, 0.05) is 12.2 Å². The molecule has 16 heavy (non-hydrogen) atoms. The number of hydrogen-bond donors (Lipinski definition) is 2. The van der Waals surface area contributed by atoms with Crippen LogP contribution in [0.3, 0.4) is 0 Å². The van der Waals surface area contributed by atoms with Gasteiger partial charge in [-0.05, 0) is 51.0 Å². The van der Waals surface area contributed by atoms with Crippen LogP contribution < -0.4 is 10.1 Å². The lowest BCUT2D eigenvalue weighted by molar-refractivity contribution is 0.0749. The van der Waals surface area contributed by atoms with Crippen molar-refractivity contribution in [2.24, 2.45) is 0 Å². The molecule has 2 N–H and O–H groups in total. The van der Waals surface area contributed by atoms with Crippen molar-refractivity contribution in [2.45, 2.75) is 32.8 Å². The van der Waals surface area contributed by atoms with E-state index in [0.29, 0.717) is 0 Å². The zero-order valence-electron chi connectivity index (χ0n) is 10.5. The van der Waals surface area contributed by atoms with Gasteiger partial charge in [-0.15, -0.1) is 0 Å². The van der Waals surface area contributed by atoms with Gasteiger partial charge in [-0.1, -0.05) is 0 Å². The number of benzene rings is 1. The Kier molecular flexibility index (Phi) is 4.19. The topological polar surface area (TPSA) is 41.5 Å². The summed E-state index contributed by atoms with van der Waals surface area (Å²) >= 11 is 0. The molecule has 1 rings (SSSR count). The third kappa shape index (κ3) is 4.11. The summed E-state index contributed by atoms with van der Waals surface area (Å²) < 4.78 is 5.19. The Morgan fingerprint density at radius 3 is 2.56 bits per heavy atom. The average molecular weight is 223 g/mol. The molecule has 1 aromatic rings. The molecule has 3 nitrogen and oxygen atoms in total. The number of nitrogens with one attached hydrogen (secondary N) is 1. The number of methoxy groups -OCH3 is 1. The Morgan fingerprint density at radius 1 is 1.38 bits per heavy atom. The van der Waals surface area contributed by atoms with Gasteiger partial charge in [0.1, 0.15) is 5.75 Å². The predicted molar refractivity (Wildman–Crippen MR) is 67.1 cm³/mol. The first-order chi connectivity index (χ1) is 7.42. The van der Waals surface area contributed by atoms with Crippen molar-refractivity contribution in [3.8, 4) is 5.75 Å². The van der Waals surface area contributed by atoms with E-state index in [0.717, 1.165) is 30.0 Å². The molecule has 0 radical (unpaired) electrons. The molecule has 0 unspecified atom stereocenters. The van der Waals surface area contributed by atoms with Gasteiger partial charge in [0.2, 0.25) is 0 Å². The summed E-state index contributed by atoms with van der Waals surface area (Å²) in [6.07, 6.45) is 0.720. The second-order valence-electron chi connectivity index (χ2n) is 4.67. The molecular weight excluding hydrogens is 202 g/mol. The summed E-state index contributed by atoms with van der Waals surface area (Å²) in [4.78, 5) is 0. The van der Waals surface area contributed by atoms with Gasteiger partial charge in [-0.25, -0.2) is 0 Å². The van der Waals surface area contributed by atoms with E-state index in [1.54, 1.807) is 7.11 Å². The number of anilines is 1. The number of aliphatic hydroxyl groups is 1. The highest BCUT2D eigenvalue weighted by molar-refractivity contribution is 5.50. The van der Waals surface area contributed by atoms with Crippen molar-refractivity contribution in [1.82, 2.24) is 0 Å². The van der Waals surface area contributed by atoms with Crippen LogP contribution in [0.15, 0.2) is 18.2 Å². The smallest absolute Gasteiger partial charge is 0.121 e. The lowest BCUT2D eigenvalue weighted by Gasteiger charge is -2.17. The van der Waals surface area contributed by atoms with E-state index in [1.165, 1.54) is 0 Å². The van der Waals surface area contributed by atoms with Crippen LogP contribution >= 0.6 is 0 Å².